The molecule has 1 amide bonds. The number of aromatic nitrogens is 2. The fourth-order valence-corrected chi connectivity index (χ4v) is 4.32. The minimum atomic E-state index is 0.301. The molecule has 1 aliphatic carbocycles. The molecule has 1 saturated heterocycles. The molecule has 0 bridgehead atoms. The molecule has 0 N–H and O–H groups in total. The van der Waals surface area contributed by atoms with E-state index in [0.29, 0.717) is 11.8 Å². The van der Waals surface area contributed by atoms with Crippen LogP contribution in [0.25, 0.3) is 0 Å². The van der Waals surface area contributed by atoms with Gasteiger partial charge in [0.05, 0.1) is 6.33 Å². The highest BCUT2D eigenvalue weighted by Crippen LogP contribution is 2.33. The number of nitrogens with zero attached hydrogens (tertiary/aromatic N) is 4. The molecular weight excluding hydrogens is 312 g/mol. The van der Waals surface area contributed by atoms with Crippen LogP contribution in [-0.2, 0) is 11.3 Å². The SMILES string of the molecule is CCCCC1CCC(C(=O)N2CCN(CCn3ccnc3)CC2)CC1. The predicted molar refractivity (Wildman–Crippen MR) is 100 cm³/mol. The highest BCUT2D eigenvalue weighted by molar-refractivity contribution is 5.79. The third kappa shape index (κ3) is 5.30. The van der Waals surface area contributed by atoms with Gasteiger partial charge in [-0.2, -0.15) is 0 Å². The highest BCUT2D eigenvalue weighted by Gasteiger charge is 2.30. The molecule has 2 fully saturated rings. The number of hydrogen-bond donors (Lipinski definition) is 0. The van der Waals surface area contributed by atoms with Gasteiger partial charge in [-0.25, -0.2) is 4.98 Å². The van der Waals surface area contributed by atoms with E-state index >= 15 is 0 Å². The second-order valence-corrected chi connectivity index (χ2v) is 7.83. The molecule has 1 saturated carbocycles. The molecule has 25 heavy (non-hydrogen) atoms. The van der Waals surface area contributed by atoms with E-state index in [1.54, 1.807) is 0 Å². The van der Waals surface area contributed by atoms with Crippen LogP contribution >= 0.6 is 0 Å². The number of unbranched alkanes of at least 4 members (excludes halogenated alkanes) is 1. The van der Waals surface area contributed by atoms with Crippen molar-refractivity contribution in [2.75, 3.05) is 32.7 Å². The normalized spacial score (nSPS) is 25.2. The monoisotopic (exact) mass is 346 g/mol. The molecule has 0 radical (unpaired) electrons. The fraction of sp³-hybridized carbons (Fsp3) is 0.800. The molecule has 0 spiro atoms. The molecule has 0 unspecified atom stereocenters. The van der Waals surface area contributed by atoms with Gasteiger partial charge in [0.15, 0.2) is 0 Å². The number of carbonyl (C=O) groups is 1. The van der Waals surface area contributed by atoms with Crippen LogP contribution in [0.4, 0.5) is 0 Å². The zero-order chi connectivity index (χ0) is 17.5. The molecule has 1 aromatic heterocycles. The average Bonchev–Trinajstić information content (AvgIpc) is 3.19. The molecule has 5 nitrogen and oxygen atoms in total. The molecule has 2 heterocycles. The standard InChI is InChI=1S/C20H34N4O/c1-2-3-4-18-5-7-19(8-6-18)20(25)24-15-13-22(14-16-24)11-12-23-10-9-21-17-23/h9-10,17-19H,2-8,11-16H2,1H3. The quantitative estimate of drug-likeness (QED) is 0.762. The largest absolute Gasteiger partial charge is 0.340 e. The molecule has 3 rings (SSSR count). The number of rotatable bonds is 7. The first kappa shape index (κ1) is 18.4. The van der Waals surface area contributed by atoms with Crippen molar-refractivity contribution < 1.29 is 4.79 Å². The van der Waals surface area contributed by atoms with Crippen LogP contribution < -0.4 is 0 Å². The van der Waals surface area contributed by atoms with Gasteiger partial charge in [-0.15, -0.1) is 0 Å². The molecule has 5 heteroatoms. The maximum atomic E-state index is 12.8. The van der Waals surface area contributed by atoms with Crippen LogP contribution in [0, 0.1) is 11.8 Å². The van der Waals surface area contributed by atoms with Gasteiger partial charge in [0.1, 0.15) is 0 Å². The Morgan fingerprint density at radius 3 is 2.48 bits per heavy atom. The van der Waals surface area contributed by atoms with Crippen molar-refractivity contribution in [2.24, 2.45) is 11.8 Å². The van der Waals surface area contributed by atoms with Gasteiger partial charge < -0.3 is 9.47 Å². The summed E-state index contributed by atoms with van der Waals surface area (Å²) in [5.74, 6) is 1.61. The first-order chi connectivity index (χ1) is 12.3. The first-order valence-corrected chi connectivity index (χ1v) is 10.2. The zero-order valence-corrected chi connectivity index (χ0v) is 15.8. The van der Waals surface area contributed by atoms with E-state index in [1.807, 2.05) is 18.7 Å². The summed E-state index contributed by atoms with van der Waals surface area (Å²) < 4.78 is 2.12. The smallest absolute Gasteiger partial charge is 0.225 e. The lowest BCUT2D eigenvalue weighted by atomic mass is 9.79. The van der Waals surface area contributed by atoms with Crippen molar-refractivity contribution in [1.82, 2.24) is 19.4 Å². The van der Waals surface area contributed by atoms with Gasteiger partial charge >= 0.3 is 0 Å². The molecule has 0 aromatic carbocycles. The number of imidazole rings is 1. The van der Waals surface area contributed by atoms with Crippen molar-refractivity contribution in [3.8, 4) is 0 Å². The van der Waals surface area contributed by atoms with Crippen LogP contribution in [-0.4, -0.2) is 58.0 Å². The summed E-state index contributed by atoms with van der Waals surface area (Å²) in [6, 6.07) is 0. The minimum absolute atomic E-state index is 0.301. The summed E-state index contributed by atoms with van der Waals surface area (Å²) in [5, 5.41) is 0. The second-order valence-electron chi connectivity index (χ2n) is 7.83. The van der Waals surface area contributed by atoms with E-state index in [0.717, 1.165) is 58.0 Å². The Morgan fingerprint density at radius 1 is 1.08 bits per heavy atom. The Hall–Kier alpha value is -1.36. The van der Waals surface area contributed by atoms with E-state index in [2.05, 4.69) is 26.3 Å². The molecule has 2 aliphatic rings. The van der Waals surface area contributed by atoms with Gasteiger partial charge in [-0.3, -0.25) is 9.69 Å². The van der Waals surface area contributed by atoms with E-state index in [-0.39, 0.29) is 0 Å². The molecule has 1 aliphatic heterocycles. The third-order valence-corrected chi connectivity index (χ3v) is 6.08. The van der Waals surface area contributed by atoms with Crippen LogP contribution in [0.1, 0.15) is 51.9 Å². The first-order valence-electron chi connectivity index (χ1n) is 10.2. The van der Waals surface area contributed by atoms with Gasteiger partial charge in [0.2, 0.25) is 5.91 Å². The second kappa shape index (κ2) is 9.37. The van der Waals surface area contributed by atoms with Gasteiger partial charge in [0.25, 0.3) is 0 Å². The minimum Gasteiger partial charge on any atom is -0.340 e. The van der Waals surface area contributed by atoms with E-state index in [1.165, 1.54) is 32.1 Å². The molecule has 140 valence electrons. The summed E-state index contributed by atoms with van der Waals surface area (Å²) in [4.78, 5) is 21.5. The third-order valence-electron chi connectivity index (χ3n) is 6.08. The van der Waals surface area contributed by atoms with Gasteiger partial charge in [0, 0.05) is 57.6 Å². The average molecular weight is 347 g/mol. The van der Waals surface area contributed by atoms with Crippen molar-refractivity contribution in [3.63, 3.8) is 0 Å². The van der Waals surface area contributed by atoms with Crippen molar-refractivity contribution >= 4 is 5.91 Å². The molecule has 0 atom stereocenters. The predicted octanol–water partition coefficient (Wildman–Crippen LogP) is 3.02. The Labute approximate surface area is 152 Å². The number of piperazine rings is 1. The Bertz CT molecular complexity index is 500. The zero-order valence-electron chi connectivity index (χ0n) is 15.8. The number of hydrogen-bond acceptors (Lipinski definition) is 3. The summed E-state index contributed by atoms with van der Waals surface area (Å²) in [6.45, 7) is 8.11. The lowest BCUT2D eigenvalue weighted by molar-refractivity contribution is -0.138. The van der Waals surface area contributed by atoms with Crippen molar-refractivity contribution in [2.45, 2.75) is 58.4 Å². The van der Waals surface area contributed by atoms with Gasteiger partial charge in [-0.05, 0) is 31.6 Å². The number of amides is 1. The van der Waals surface area contributed by atoms with E-state index in [4.69, 9.17) is 0 Å². The van der Waals surface area contributed by atoms with Crippen LogP contribution in [0.3, 0.4) is 0 Å². The maximum Gasteiger partial charge on any atom is 0.225 e. The summed E-state index contributed by atoms with van der Waals surface area (Å²) in [5.41, 5.74) is 0. The van der Waals surface area contributed by atoms with E-state index < -0.39 is 0 Å². The summed E-state index contributed by atoms with van der Waals surface area (Å²) >= 11 is 0. The Balaban J connectivity index is 1.35. The molecular formula is C20H34N4O. The Morgan fingerprint density at radius 2 is 1.84 bits per heavy atom. The van der Waals surface area contributed by atoms with Crippen LogP contribution in [0.2, 0.25) is 0 Å². The van der Waals surface area contributed by atoms with Crippen molar-refractivity contribution in [1.29, 1.82) is 0 Å². The number of carbonyl (C=O) groups excluding carboxylic acids is 1. The maximum absolute atomic E-state index is 12.8. The Kier molecular flexibility index (Phi) is 6.91. The fourth-order valence-electron chi connectivity index (χ4n) is 4.32. The lowest BCUT2D eigenvalue weighted by Gasteiger charge is -2.38. The van der Waals surface area contributed by atoms with Crippen molar-refractivity contribution in [3.05, 3.63) is 18.7 Å². The topological polar surface area (TPSA) is 41.4 Å². The summed E-state index contributed by atoms with van der Waals surface area (Å²) in [7, 11) is 0. The van der Waals surface area contributed by atoms with Gasteiger partial charge in [-0.1, -0.05) is 26.2 Å². The van der Waals surface area contributed by atoms with Crippen LogP contribution in [0.15, 0.2) is 18.7 Å². The highest BCUT2D eigenvalue weighted by atomic mass is 16.2. The lowest BCUT2D eigenvalue weighted by Crippen LogP contribution is -2.51. The molecule has 1 aromatic rings. The summed E-state index contributed by atoms with van der Waals surface area (Å²) in [6.07, 6.45) is 14.5. The van der Waals surface area contributed by atoms with Crippen LogP contribution in [0.5, 0.6) is 0 Å². The van der Waals surface area contributed by atoms with E-state index in [9.17, 15) is 4.79 Å².